The van der Waals surface area contributed by atoms with E-state index in [2.05, 4.69) is 0 Å². The van der Waals surface area contributed by atoms with E-state index in [-0.39, 0.29) is 18.7 Å². The zero-order chi connectivity index (χ0) is 23.2. The van der Waals surface area contributed by atoms with Gasteiger partial charge in [0.05, 0.1) is 18.7 Å². The van der Waals surface area contributed by atoms with E-state index in [1.54, 1.807) is 24.3 Å². The van der Waals surface area contributed by atoms with Crippen LogP contribution in [0.15, 0.2) is 54.6 Å². The highest BCUT2D eigenvalue weighted by atomic mass is 35.5. The van der Waals surface area contributed by atoms with Crippen molar-refractivity contribution in [2.75, 3.05) is 4.90 Å². The molecule has 0 fully saturated rings. The first kappa shape index (κ1) is 22.5. The minimum absolute atomic E-state index is 0.173. The molecule has 0 saturated carbocycles. The first-order chi connectivity index (χ1) is 15.1. The largest absolute Gasteiger partial charge is 0.375 e. The van der Waals surface area contributed by atoms with Gasteiger partial charge in [0.25, 0.3) is 5.91 Å². The molecule has 1 N–H and O–H groups in total. The second-order valence-corrected chi connectivity index (χ2v) is 9.20. The summed E-state index contributed by atoms with van der Waals surface area (Å²) in [6, 6.07) is 15.9. The van der Waals surface area contributed by atoms with Crippen molar-refractivity contribution in [1.82, 2.24) is 0 Å². The third-order valence-corrected chi connectivity index (χ3v) is 6.74. The number of Topliss-reactive ketones (excluding diaryl/α,β-unsaturated/α-hetero) is 1. The van der Waals surface area contributed by atoms with Crippen molar-refractivity contribution in [3.63, 3.8) is 0 Å². The Bertz CT molecular complexity index is 1250. The van der Waals surface area contributed by atoms with Gasteiger partial charge in [0.1, 0.15) is 0 Å². The second-order valence-electron chi connectivity index (χ2n) is 8.36. The number of carbonyl (C=O) groups excluding carboxylic acids is 2. The van der Waals surface area contributed by atoms with Crippen molar-refractivity contribution in [2.45, 2.75) is 39.3 Å². The highest BCUT2D eigenvalue weighted by Crippen LogP contribution is 2.45. The van der Waals surface area contributed by atoms with E-state index in [0.717, 1.165) is 22.3 Å². The third-order valence-electron chi connectivity index (χ3n) is 6.14. The lowest BCUT2D eigenvalue weighted by molar-refractivity contribution is -0.136. The fourth-order valence-electron chi connectivity index (χ4n) is 4.24. The monoisotopic (exact) mass is 467 g/mol. The van der Waals surface area contributed by atoms with Gasteiger partial charge in [-0.15, -0.1) is 0 Å². The van der Waals surface area contributed by atoms with Crippen molar-refractivity contribution in [3.05, 3.63) is 98.0 Å². The zero-order valence-electron chi connectivity index (χ0n) is 18.1. The molecular formula is C26H23Cl2NO3. The van der Waals surface area contributed by atoms with Crippen LogP contribution in [0, 0.1) is 20.8 Å². The zero-order valence-corrected chi connectivity index (χ0v) is 19.6. The fraction of sp³-hybridized carbons (Fsp3) is 0.231. The van der Waals surface area contributed by atoms with Gasteiger partial charge in [-0.3, -0.25) is 9.59 Å². The number of benzene rings is 3. The number of hydrogen-bond donors (Lipinski definition) is 1. The van der Waals surface area contributed by atoms with Crippen LogP contribution in [0.4, 0.5) is 5.69 Å². The van der Waals surface area contributed by atoms with Crippen LogP contribution in [-0.4, -0.2) is 16.8 Å². The topological polar surface area (TPSA) is 57.6 Å². The first-order valence-corrected chi connectivity index (χ1v) is 11.1. The predicted octanol–water partition coefficient (Wildman–Crippen LogP) is 5.93. The number of anilines is 1. The van der Waals surface area contributed by atoms with Crippen LogP contribution in [0.25, 0.3) is 0 Å². The number of halogens is 2. The van der Waals surface area contributed by atoms with E-state index in [0.29, 0.717) is 26.9 Å². The van der Waals surface area contributed by atoms with Crippen molar-refractivity contribution < 1.29 is 14.7 Å². The molecule has 1 aliphatic rings. The first-order valence-electron chi connectivity index (χ1n) is 10.3. The maximum atomic E-state index is 13.5. The summed E-state index contributed by atoms with van der Waals surface area (Å²) in [6.07, 6.45) is -0.373. The molecule has 0 bridgehead atoms. The smallest absolute Gasteiger partial charge is 0.264 e. The van der Waals surface area contributed by atoms with Gasteiger partial charge < -0.3 is 10.0 Å². The second kappa shape index (κ2) is 8.36. The number of aliphatic hydroxyl groups is 1. The number of nitrogens with zero attached hydrogens (tertiary/aromatic N) is 1. The molecule has 4 nitrogen and oxygen atoms in total. The summed E-state index contributed by atoms with van der Waals surface area (Å²) in [7, 11) is 0. The minimum Gasteiger partial charge on any atom is -0.375 e. The van der Waals surface area contributed by atoms with Gasteiger partial charge in [-0.2, -0.15) is 0 Å². The summed E-state index contributed by atoms with van der Waals surface area (Å²) >= 11 is 12.5. The molecule has 1 aliphatic heterocycles. The average Bonchev–Trinajstić information content (AvgIpc) is 2.93. The number of fused-ring (bicyclic) bond motifs is 1. The molecule has 164 valence electrons. The molecule has 0 saturated heterocycles. The van der Waals surface area contributed by atoms with Crippen LogP contribution in [0.1, 0.15) is 44.6 Å². The maximum Gasteiger partial charge on any atom is 0.264 e. The van der Waals surface area contributed by atoms with Crippen LogP contribution in [0.5, 0.6) is 0 Å². The quantitative estimate of drug-likeness (QED) is 0.473. The van der Waals surface area contributed by atoms with Crippen LogP contribution in [0.3, 0.4) is 0 Å². The Balaban J connectivity index is 1.74. The highest BCUT2D eigenvalue weighted by Gasteiger charge is 2.51. The Morgan fingerprint density at radius 2 is 1.66 bits per heavy atom. The maximum absolute atomic E-state index is 13.5. The molecule has 1 amide bonds. The molecule has 1 atom stereocenters. The van der Waals surface area contributed by atoms with E-state index in [1.165, 1.54) is 4.90 Å². The molecule has 1 heterocycles. The molecule has 4 rings (SSSR count). The van der Waals surface area contributed by atoms with Crippen LogP contribution in [0.2, 0.25) is 10.0 Å². The van der Waals surface area contributed by atoms with Crippen molar-refractivity contribution in [3.8, 4) is 0 Å². The lowest BCUT2D eigenvalue weighted by atomic mass is 9.86. The normalized spacial score (nSPS) is 17.6. The average molecular weight is 468 g/mol. The van der Waals surface area contributed by atoms with E-state index >= 15 is 0 Å². The molecule has 0 aromatic heterocycles. The summed E-state index contributed by atoms with van der Waals surface area (Å²) in [5, 5.41) is 12.5. The van der Waals surface area contributed by atoms with E-state index < -0.39 is 11.5 Å². The fourth-order valence-corrected chi connectivity index (χ4v) is 4.60. The molecule has 3 aromatic rings. The van der Waals surface area contributed by atoms with Gasteiger partial charge in [0, 0.05) is 21.2 Å². The Kier molecular flexibility index (Phi) is 5.89. The van der Waals surface area contributed by atoms with Crippen LogP contribution in [-0.2, 0) is 16.9 Å². The highest BCUT2D eigenvalue weighted by molar-refractivity contribution is 6.31. The lowest BCUT2D eigenvalue weighted by Gasteiger charge is -2.23. The third kappa shape index (κ3) is 3.83. The Morgan fingerprint density at radius 1 is 0.969 bits per heavy atom. The summed E-state index contributed by atoms with van der Waals surface area (Å²) in [6.45, 7) is 5.94. The Hall–Kier alpha value is -2.66. The number of aryl methyl sites for hydroxylation is 3. The van der Waals surface area contributed by atoms with E-state index in [1.807, 2.05) is 51.1 Å². The molecule has 1 unspecified atom stereocenters. The summed E-state index contributed by atoms with van der Waals surface area (Å²) in [4.78, 5) is 28.3. The summed E-state index contributed by atoms with van der Waals surface area (Å²) in [5.74, 6) is -0.864. The lowest BCUT2D eigenvalue weighted by Crippen LogP contribution is -2.41. The van der Waals surface area contributed by atoms with E-state index in [9.17, 15) is 14.7 Å². The SMILES string of the molecule is Cc1cc(C)c(C(=O)CC2(O)C(=O)N(Cc3ccccc3Cl)c3ccc(Cl)cc32)cc1C. The molecule has 32 heavy (non-hydrogen) atoms. The van der Waals surface area contributed by atoms with Gasteiger partial charge in [-0.25, -0.2) is 0 Å². The number of amides is 1. The molecule has 0 radical (unpaired) electrons. The van der Waals surface area contributed by atoms with Gasteiger partial charge in [-0.1, -0.05) is 47.5 Å². The van der Waals surface area contributed by atoms with Crippen molar-refractivity contribution in [2.24, 2.45) is 0 Å². The Labute approximate surface area is 197 Å². The van der Waals surface area contributed by atoms with Crippen LogP contribution >= 0.6 is 23.2 Å². The molecule has 0 aliphatic carbocycles. The number of rotatable bonds is 5. The molecule has 3 aromatic carbocycles. The van der Waals surface area contributed by atoms with Crippen LogP contribution < -0.4 is 4.90 Å². The number of hydrogen-bond acceptors (Lipinski definition) is 3. The molecule has 0 spiro atoms. The van der Waals surface area contributed by atoms with Gasteiger partial charge in [0.15, 0.2) is 11.4 Å². The van der Waals surface area contributed by atoms with Gasteiger partial charge in [0.2, 0.25) is 0 Å². The Morgan fingerprint density at radius 3 is 2.38 bits per heavy atom. The minimum atomic E-state index is -2.01. The van der Waals surface area contributed by atoms with Crippen molar-refractivity contribution >= 4 is 40.6 Å². The van der Waals surface area contributed by atoms with Gasteiger partial charge in [-0.05, 0) is 73.4 Å². The van der Waals surface area contributed by atoms with Gasteiger partial charge >= 0.3 is 0 Å². The number of ketones is 1. The number of carbonyl (C=O) groups is 2. The predicted molar refractivity (Wildman–Crippen MR) is 128 cm³/mol. The standard InChI is InChI=1S/C26H23Cl2NO3/c1-15-10-17(3)20(11-16(15)2)24(30)13-26(32)21-12-19(27)8-9-23(21)29(25(26)31)14-18-6-4-5-7-22(18)28/h4-12,32H,13-14H2,1-3H3. The molecule has 6 heteroatoms. The summed E-state index contributed by atoms with van der Waals surface area (Å²) in [5.41, 5.74) is 2.95. The summed E-state index contributed by atoms with van der Waals surface area (Å²) < 4.78 is 0. The molecular weight excluding hydrogens is 445 g/mol. The van der Waals surface area contributed by atoms with Crippen molar-refractivity contribution in [1.29, 1.82) is 0 Å². The van der Waals surface area contributed by atoms with E-state index in [4.69, 9.17) is 23.2 Å².